The third kappa shape index (κ3) is 4.44. The first-order valence-corrected chi connectivity index (χ1v) is 12.6. The maximum absolute atomic E-state index is 13.2. The van der Waals surface area contributed by atoms with Crippen molar-refractivity contribution >= 4 is 39.1 Å². The lowest BCUT2D eigenvalue weighted by molar-refractivity contribution is -0.115. The number of benzene rings is 1. The van der Waals surface area contributed by atoms with Crippen LogP contribution in [0.5, 0.6) is 0 Å². The summed E-state index contributed by atoms with van der Waals surface area (Å²) in [5, 5.41) is 7.73. The normalized spacial score (nSPS) is 17.8. The Morgan fingerprint density at radius 1 is 1.15 bits per heavy atom. The number of thiophene rings is 1. The van der Waals surface area contributed by atoms with Gasteiger partial charge in [0.05, 0.1) is 24.4 Å². The summed E-state index contributed by atoms with van der Waals surface area (Å²) >= 11 is 1.55. The van der Waals surface area contributed by atoms with Crippen molar-refractivity contribution in [1.29, 1.82) is 0 Å². The van der Waals surface area contributed by atoms with Crippen LogP contribution in [-0.2, 0) is 28.8 Å². The van der Waals surface area contributed by atoms with Gasteiger partial charge in [-0.2, -0.15) is 0 Å². The smallest absolute Gasteiger partial charge is 0.254 e. The van der Waals surface area contributed by atoms with Gasteiger partial charge in [0.1, 0.15) is 10.6 Å². The molecule has 6 nitrogen and oxygen atoms in total. The number of nitrogens with one attached hydrogen (secondary N) is 2. The van der Waals surface area contributed by atoms with Gasteiger partial charge in [-0.25, -0.2) is 0 Å². The van der Waals surface area contributed by atoms with E-state index < -0.39 is 0 Å². The van der Waals surface area contributed by atoms with Gasteiger partial charge in [-0.15, -0.1) is 11.3 Å². The van der Waals surface area contributed by atoms with Gasteiger partial charge < -0.3 is 19.8 Å². The molecule has 0 saturated carbocycles. The van der Waals surface area contributed by atoms with Crippen LogP contribution in [0, 0.1) is 13.8 Å². The van der Waals surface area contributed by atoms with E-state index in [0.717, 1.165) is 78.4 Å². The Hall–Kier alpha value is -2.64. The Bertz CT molecular complexity index is 1200. The van der Waals surface area contributed by atoms with Gasteiger partial charge in [-0.05, 0) is 69.1 Å². The molecular formula is C26H30N2O4S. The van der Waals surface area contributed by atoms with Crippen LogP contribution in [0.1, 0.15) is 63.2 Å². The first kappa shape index (κ1) is 22.2. The predicted molar refractivity (Wildman–Crippen MR) is 130 cm³/mol. The zero-order valence-corrected chi connectivity index (χ0v) is 20.0. The highest BCUT2D eigenvalue weighted by molar-refractivity contribution is 7.17. The standard InChI is InChI=1S/C26H30N2O4S/c1-15-9-10-19-17(14-32-24(19)16(15)2)12-22(29)28-26-23(20-7-3-4-8-21(20)33-26)25(30)27-13-18-6-5-11-31-18/h9-10,14,18H,3-8,11-13H2,1-2H3,(H,27,30)(H,28,29). The zero-order chi connectivity index (χ0) is 22.9. The highest BCUT2D eigenvalue weighted by atomic mass is 32.1. The summed E-state index contributed by atoms with van der Waals surface area (Å²) in [6.07, 6.45) is 8.02. The molecule has 5 rings (SSSR count). The van der Waals surface area contributed by atoms with Crippen molar-refractivity contribution in [3.8, 4) is 0 Å². The molecule has 33 heavy (non-hydrogen) atoms. The van der Waals surface area contributed by atoms with Crippen LogP contribution < -0.4 is 10.6 Å². The fourth-order valence-corrected chi connectivity index (χ4v) is 6.17. The second-order valence-corrected chi connectivity index (χ2v) is 10.2. The fourth-order valence-electron chi connectivity index (χ4n) is 4.86. The molecule has 3 aromatic rings. The van der Waals surface area contributed by atoms with Crippen LogP contribution in [0.3, 0.4) is 0 Å². The number of aryl methyl sites for hydroxylation is 3. The molecule has 1 aliphatic heterocycles. The molecule has 1 atom stereocenters. The van der Waals surface area contributed by atoms with Gasteiger partial charge in [0.25, 0.3) is 5.91 Å². The summed E-state index contributed by atoms with van der Waals surface area (Å²) < 4.78 is 11.4. The van der Waals surface area contributed by atoms with Gasteiger partial charge in [-0.1, -0.05) is 12.1 Å². The highest BCUT2D eigenvalue weighted by Gasteiger charge is 2.27. The van der Waals surface area contributed by atoms with E-state index in [0.29, 0.717) is 17.1 Å². The number of carbonyl (C=O) groups is 2. The minimum atomic E-state index is -0.136. The lowest BCUT2D eigenvalue weighted by Crippen LogP contribution is -2.32. The van der Waals surface area contributed by atoms with Crippen molar-refractivity contribution in [2.75, 3.05) is 18.5 Å². The summed E-state index contributed by atoms with van der Waals surface area (Å²) in [4.78, 5) is 27.4. The predicted octanol–water partition coefficient (Wildman–Crippen LogP) is 5.08. The average Bonchev–Trinajstić information content (AvgIpc) is 3.53. The van der Waals surface area contributed by atoms with Crippen LogP contribution >= 0.6 is 11.3 Å². The molecule has 0 radical (unpaired) electrons. The summed E-state index contributed by atoms with van der Waals surface area (Å²) in [6.45, 7) is 5.35. The molecule has 1 saturated heterocycles. The first-order valence-electron chi connectivity index (χ1n) is 11.8. The van der Waals surface area contributed by atoms with Crippen molar-refractivity contribution in [1.82, 2.24) is 5.32 Å². The van der Waals surface area contributed by atoms with Crippen molar-refractivity contribution < 1.29 is 18.7 Å². The third-order valence-corrected chi connectivity index (χ3v) is 8.07. The molecule has 1 unspecified atom stereocenters. The maximum Gasteiger partial charge on any atom is 0.254 e. The van der Waals surface area contributed by atoms with E-state index >= 15 is 0 Å². The molecule has 7 heteroatoms. The van der Waals surface area contributed by atoms with E-state index in [-0.39, 0.29) is 24.3 Å². The Morgan fingerprint density at radius 2 is 2.00 bits per heavy atom. The summed E-state index contributed by atoms with van der Waals surface area (Å²) in [5.74, 6) is -0.247. The van der Waals surface area contributed by atoms with E-state index in [1.165, 1.54) is 4.88 Å². The minimum absolute atomic E-state index is 0.0860. The van der Waals surface area contributed by atoms with E-state index in [4.69, 9.17) is 9.15 Å². The number of hydrogen-bond acceptors (Lipinski definition) is 5. The fraction of sp³-hybridized carbons (Fsp3) is 0.462. The lowest BCUT2D eigenvalue weighted by atomic mass is 9.95. The van der Waals surface area contributed by atoms with Gasteiger partial charge >= 0.3 is 0 Å². The number of hydrogen-bond donors (Lipinski definition) is 2. The monoisotopic (exact) mass is 466 g/mol. The molecule has 3 heterocycles. The second-order valence-electron chi connectivity index (χ2n) is 9.13. The molecule has 2 amide bonds. The topological polar surface area (TPSA) is 80.6 Å². The number of furan rings is 1. The van der Waals surface area contributed by atoms with Crippen molar-refractivity contribution in [3.63, 3.8) is 0 Å². The van der Waals surface area contributed by atoms with Crippen LogP contribution in [-0.4, -0.2) is 31.1 Å². The van der Waals surface area contributed by atoms with Crippen LogP contribution in [0.25, 0.3) is 11.0 Å². The van der Waals surface area contributed by atoms with Crippen LogP contribution in [0.15, 0.2) is 22.8 Å². The molecule has 2 aliphatic rings. The van der Waals surface area contributed by atoms with Crippen LogP contribution in [0.4, 0.5) is 5.00 Å². The molecule has 0 bridgehead atoms. The lowest BCUT2D eigenvalue weighted by Gasteiger charge is -2.15. The van der Waals surface area contributed by atoms with Gasteiger partial charge in [0, 0.05) is 29.0 Å². The molecule has 1 fully saturated rings. The van der Waals surface area contributed by atoms with Crippen molar-refractivity contribution in [2.24, 2.45) is 0 Å². The highest BCUT2D eigenvalue weighted by Crippen LogP contribution is 2.38. The average molecular weight is 467 g/mol. The maximum atomic E-state index is 13.2. The molecule has 2 N–H and O–H groups in total. The van der Waals surface area contributed by atoms with Gasteiger partial charge in [0.15, 0.2) is 0 Å². The van der Waals surface area contributed by atoms with E-state index in [9.17, 15) is 9.59 Å². The summed E-state index contributed by atoms with van der Waals surface area (Å²) in [6, 6.07) is 4.07. The largest absolute Gasteiger partial charge is 0.464 e. The van der Waals surface area contributed by atoms with Gasteiger partial charge in [-0.3, -0.25) is 9.59 Å². The molecule has 2 aromatic heterocycles. The minimum Gasteiger partial charge on any atom is -0.464 e. The Labute approximate surface area is 197 Å². The SMILES string of the molecule is Cc1ccc2c(CC(=O)Nc3sc4c(c3C(=O)NCC3CCCO3)CCCC4)coc2c1C. The molecule has 0 spiro atoms. The number of anilines is 1. The van der Waals surface area contributed by atoms with Crippen molar-refractivity contribution in [2.45, 2.75) is 64.9 Å². The second kappa shape index (κ2) is 9.31. The molecule has 1 aliphatic carbocycles. The molecule has 1 aromatic carbocycles. The number of ether oxygens (including phenoxy) is 1. The third-order valence-electron chi connectivity index (χ3n) is 6.86. The van der Waals surface area contributed by atoms with Gasteiger partial charge in [0.2, 0.25) is 5.91 Å². The summed E-state index contributed by atoms with van der Waals surface area (Å²) in [7, 11) is 0. The number of carbonyl (C=O) groups excluding carboxylic acids is 2. The Balaban J connectivity index is 1.35. The molecule has 174 valence electrons. The van der Waals surface area contributed by atoms with Crippen molar-refractivity contribution in [3.05, 3.63) is 51.1 Å². The first-order chi connectivity index (χ1) is 16.0. The summed E-state index contributed by atoms with van der Waals surface area (Å²) in [5.41, 5.74) is 5.69. The number of amides is 2. The Morgan fingerprint density at radius 3 is 2.82 bits per heavy atom. The van der Waals surface area contributed by atoms with E-state index in [1.807, 2.05) is 19.9 Å². The zero-order valence-electron chi connectivity index (χ0n) is 19.2. The van der Waals surface area contributed by atoms with Crippen LogP contribution in [0.2, 0.25) is 0 Å². The molecular weight excluding hydrogens is 436 g/mol. The Kier molecular flexibility index (Phi) is 6.25. The van der Waals surface area contributed by atoms with E-state index in [1.54, 1.807) is 17.6 Å². The number of rotatable bonds is 6. The van der Waals surface area contributed by atoms with E-state index in [2.05, 4.69) is 16.7 Å². The number of fused-ring (bicyclic) bond motifs is 2. The quantitative estimate of drug-likeness (QED) is 0.531.